The van der Waals surface area contributed by atoms with Gasteiger partial charge < -0.3 is 10.5 Å². The molecule has 0 bridgehead atoms. The van der Waals surface area contributed by atoms with Crippen molar-refractivity contribution < 1.29 is 22.7 Å². The van der Waals surface area contributed by atoms with Gasteiger partial charge in [0.05, 0.1) is 6.04 Å². The molecule has 2 unspecified atom stereocenters. The van der Waals surface area contributed by atoms with Crippen molar-refractivity contribution in [3.05, 3.63) is 29.8 Å². The number of hydrogen-bond acceptors (Lipinski definition) is 3. The Bertz CT molecular complexity index is 443. The van der Waals surface area contributed by atoms with E-state index in [1.165, 1.54) is 24.3 Å². The van der Waals surface area contributed by atoms with Crippen LogP contribution in [0.15, 0.2) is 24.3 Å². The zero-order valence-electron chi connectivity index (χ0n) is 11.4. The van der Waals surface area contributed by atoms with Crippen molar-refractivity contribution in [2.45, 2.75) is 39.1 Å². The lowest BCUT2D eigenvalue weighted by Crippen LogP contribution is -2.37. The van der Waals surface area contributed by atoms with Crippen LogP contribution in [0.3, 0.4) is 0 Å². The second-order valence-corrected chi connectivity index (χ2v) is 4.75. The van der Waals surface area contributed by atoms with E-state index in [0.717, 1.165) is 6.42 Å². The summed E-state index contributed by atoms with van der Waals surface area (Å²) in [6.45, 7) is 3.84. The Morgan fingerprint density at radius 2 is 1.85 bits per heavy atom. The van der Waals surface area contributed by atoms with Gasteiger partial charge in [0.25, 0.3) is 0 Å². The van der Waals surface area contributed by atoms with E-state index < -0.39 is 12.4 Å². The molecule has 0 aliphatic carbocycles. The molecule has 6 heteroatoms. The molecular formula is C14H18F3NO2. The summed E-state index contributed by atoms with van der Waals surface area (Å²) in [7, 11) is 0. The first-order valence-electron chi connectivity index (χ1n) is 6.36. The summed E-state index contributed by atoms with van der Waals surface area (Å²) in [5, 5.41) is 0. The third-order valence-electron chi connectivity index (χ3n) is 3.16. The summed E-state index contributed by atoms with van der Waals surface area (Å²) >= 11 is 0. The first kappa shape index (κ1) is 16.5. The van der Waals surface area contributed by atoms with Crippen molar-refractivity contribution in [3.63, 3.8) is 0 Å². The highest BCUT2D eigenvalue weighted by molar-refractivity contribution is 5.86. The van der Waals surface area contributed by atoms with Crippen LogP contribution in [-0.2, 0) is 11.2 Å². The van der Waals surface area contributed by atoms with Crippen molar-refractivity contribution in [1.29, 1.82) is 0 Å². The number of ketones is 1. The molecule has 20 heavy (non-hydrogen) atoms. The van der Waals surface area contributed by atoms with E-state index in [9.17, 15) is 18.0 Å². The molecule has 112 valence electrons. The van der Waals surface area contributed by atoms with Gasteiger partial charge in [-0.3, -0.25) is 4.79 Å². The average Bonchev–Trinajstić information content (AvgIpc) is 2.37. The van der Waals surface area contributed by atoms with Gasteiger partial charge in [0.2, 0.25) is 0 Å². The Balaban J connectivity index is 2.64. The van der Waals surface area contributed by atoms with Crippen LogP contribution >= 0.6 is 0 Å². The van der Waals surface area contributed by atoms with E-state index in [0.29, 0.717) is 5.56 Å². The summed E-state index contributed by atoms with van der Waals surface area (Å²) < 4.78 is 39.7. The molecule has 0 saturated carbocycles. The first-order chi connectivity index (χ1) is 9.23. The molecule has 1 aromatic carbocycles. The monoisotopic (exact) mass is 289 g/mol. The van der Waals surface area contributed by atoms with Gasteiger partial charge in [-0.2, -0.15) is 0 Å². The van der Waals surface area contributed by atoms with Gasteiger partial charge in [-0.1, -0.05) is 32.4 Å². The highest BCUT2D eigenvalue weighted by atomic mass is 19.4. The maximum Gasteiger partial charge on any atom is 0.573 e. The largest absolute Gasteiger partial charge is 0.573 e. The standard InChI is InChI=1S/C14H18F3NO2/c1-3-9(2)13(18)12(19)8-10-4-6-11(7-5-10)20-14(15,16)17/h4-7,9,13H,3,8,18H2,1-2H3. The van der Waals surface area contributed by atoms with E-state index in [-0.39, 0.29) is 23.9 Å². The molecule has 1 rings (SSSR count). The number of halogens is 3. The topological polar surface area (TPSA) is 52.3 Å². The van der Waals surface area contributed by atoms with E-state index >= 15 is 0 Å². The summed E-state index contributed by atoms with van der Waals surface area (Å²) in [4.78, 5) is 11.9. The molecule has 0 heterocycles. The highest BCUT2D eigenvalue weighted by Gasteiger charge is 2.31. The lowest BCUT2D eigenvalue weighted by atomic mass is 9.93. The van der Waals surface area contributed by atoms with Crippen molar-refractivity contribution >= 4 is 5.78 Å². The fraction of sp³-hybridized carbons (Fsp3) is 0.500. The van der Waals surface area contributed by atoms with Crippen LogP contribution in [0.4, 0.5) is 13.2 Å². The quantitative estimate of drug-likeness (QED) is 0.875. The van der Waals surface area contributed by atoms with Crippen molar-refractivity contribution in [1.82, 2.24) is 0 Å². The Kier molecular flexibility index (Phi) is 5.56. The predicted octanol–water partition coefficient (Wildman–Crippen LogP) is 3.07. The van der Waals surface area contributed by atoms with Crippen LogP contribution in [0.5, 0.6) is 5.75 Å². The third-order valence-corrected chi connectivity index (χ3v) is 3.16. The van der Waals surface area contributed by atoms with E-state index in [1.54, 1.807) is 0 Å². The molecule has 0 aliphatic heterocycles. The van der Waals surface area contributed by atoms with Gasteiger partial charge in [0, 0.05) is 6.42 Å². The zero-order chi connectivity index (χ0) is 15.3. The zero-order valence-corrected chi connectivity index (χ0v) is 11.4. The summed E-state index contributed by atoms with van der Waals surface area (Å²) in [5.41, 5.74) is 6.42. The van der Waals surface area contributed by atoms with Crippen LogP contribution in [0.25, 0.3) is 0 Å². The summed E-state index contributed by atoms with van der Waals surface area (Å²) in [6, 6.07) is 4.69. The Morgan fingerprint density at radius 1 is 1.30 bits per heavy atom. The normalized spacial score (nSPS) is 14.7. The molecule has 2 atom stereocenters. The lowest BCUT2D eigenvalue weighted by Gasteiger charge is -2.17. The molecule has 0 radical (unpaired) electrons. The van der Waals surface area contributed by atoms with Gasteiger partial charge >= 0.3 is 6.36 Å². The molecule has 0 aromatic heterocycles. The molecule has 0 fully saturated rings. The number of benzene rings is 1. The second-order valence-electron chi connectivity index (χ2n) is 4.75. The minimum atomic E-state index is -4.71. The SMILES string of the molecule is CCC(C)C(N)C(=O)Cc1ccc(OC(F)(F)F)cc1. The lowest BCUT2D eigenvalue weighted by molar-refractivity contribution is -0.274. The summed E-state index contributed by atoms with van der Waals surface area (Å²) in [5.74, 6) is -0.348. The molecule has 0 saturated heterocycles. The smallest absolute Gasteiger partial charge is 0.406 e. The Hall–Kier alpha value is -1.56. The van der Waals surface area contributed by atoms with Crippen LogP contribution < -0.4 is 10.5 Å². The molecule has 0 amide bonds. The van der Waals surface area contributed by atoms with Crippen LogP contribution in [0, 0.1) is 5.92 Å². The number of ether oxygens (including phenoxy) is 1. The molecule has 3 nitrogen and oxygen atoms in total. The van der Waals surface area contributed by atoms with Crippen LogP contribution in [-0.4, -0.2) is 18.2 Å². The van der Waals surface area contributed by atoms with E-state index in [1.807, 2.05) is 13.8 Å². The van der Waals surface area contributed by atoms with Crippen molar-refractivity contribution in [3.8, 4) is 5.75 Å². The Labute approximate surface area is 115 Å². The minimum absolute atomic E-state index is 0.0790. The summed E-state index contributed by atoms with van der Waals surface area (Å²) in [6.07, 6.45) is -3.81. The number of rotatable bonds is 6. The van der Waals surface area contributed by atoms with Gasteiger partial charge in [0.1, 0.15) is 5.75 Å². The van der Waals surface area contributed by atoms with Gasteiger partial charge in [-0.15, -0.1) is 13.2 Å². The average molecular weight is 289 g/mol. The fourth-order valence-electron chi connectivity index (χ4n) is 1.70. The Morgan fingerprint density at radius 3 is 2.30 bits per heavy atom. The molecule has 0 spiro atoms. The first-order valence-corrected chi connectivity index (χ1v) is 6.36. The number of hydrogen-bond donors (Lipinski definition) is 1. The maximum atomic E-state index is 12.0. The predicted molar refractivity (Wildman–Crippen MR) is 69.3 cm³/mol. The second kappa shape index (κ2) is 6.74. The van der Waals surface area contributed by atoms with Crippen LogP contribution in [0.2, 0.25) is 0 Å². The fourth-order valence-corrected chi connectivity index (χ4v) is 1.70. The van der Waals surface area contributed by atoms with Crippen LogP contribution in [0.1, 0.15) is 25.8 Å². The number of alkyl halides is 3. The molecular weight excluding hydrogens is 271 g/mol. The van der Waals surface area contributed by atoms with Crippen molar-refractivity contribution in [2.75, 3.05) is 0 Å². The van der Waals surface area contributed by atoms with E-state index in [2.05, 4.69) is 4.74 Å². The number of nitrogens with two attached hydrogens (primary N) is 1. The minimum Gasteiger partial charge on any atom is -0.406 e. The van der Waals surface area contributed by atoms with E-state index in [4.69, 9.17) is 5.73 Å². The molecule has 0 aliphatic rings. The molecule has 1 aromatic rings. The van der Waals surface area contributed by atoms with Gasteiger partial charge in [-0.05, 0) is 23.6 Å². The van der Waals surface area contributed by atoms with Gasteiger partial charge in [0.15, 0.2) is 5.78 Å². The van der Waals surface area contributed by atoms with Gasteiger partial charge in [-0.25, -0.2) is 0 Å². The molecule has 2 N–H and O–H groups in total. The number of Topliss-reactive ketones (excluding diaryl/α,β-unsaturated/α-hetero) is 1. The third kappa shape index (κ3) is 5.21. The highest BCUT2D eigenvalue weighted by Crippen LogP contribution is 2.23. The number of carbonyl (C=O) groups excluding carboxylic acids is 1. The number of carbonyl (C=O) groups is 1. The van der Waals surface area contributed by atoms with Crippen molar-refractivity contribution in [2.24, 2.45) is 11.7 Å². The maximum absolute atomic E-state index is 12.0.